The van der Waals surface area contributed by atoms with Crippen LogP contribution in [-0.4, -0.2) is 30.9 Å². The Balaban J connectivity index is 2.28. The van der Waals surface area contributed by atoms with E-state index < -0.39 is 0 Å². The molecule has 0 heterocycles. The number of hydrogen-bond acceptors (Lipinski definition) is 2. The second kappa shape index (κ2) is 7.73. The average Bonchev–Trinajstić information content (AvgIpc) is 2.58. The number of hydrogen-bond donors (Lipinski definition) is 1. The molecule has 0 spiro atoms. The molecule has 0 fully saturated rings. The summed E-state index contributed by atoms with van der Waals surface area (Å²) in [5.74, 6) is 0.139. The van der Waals surface area contributed by atoms with Crippen molar-refractivity contribution in [3.63, 3.8) is 0 Å². The van der Waals surface area contributed by atoms with Gasteiger partial charge >= 0.3 is 0 Å². The number of nitrogens with zero attached hydrogens (tertiary/aromatic N) is 1. The normalized spacial score (nSPS) is 13.8. The minimum absolute atomic E-state index is 0.0594. The van der Waals surface area contributed by atoms with Gasteiger partial charge in [-0.1, -0.05) is 70.2 Å². The molecule has 0 unspecified atom stereocenters. The van der Waals surface area contributed by atoms with E-state index >= 15 is 0 Å². The van der Waals surface area contributed by atoms with Gasteiger partial charge in [-0.05, 0) is 28.7 Å². The highest BCUT2D eigenvalue weighted by atomic mass is 16.2. The molecule has 2 rings (SSSR count). The van der Waals surface area contributed by atoms with Gasteiger partial charge < -0.3 is 10.2 Å². The Morgan fingerprint density at radius 3 is 2.00 bits per heavy atom. The molecule has 0 saturated heterocycles. The Morgan fingerprint density at radius 1 is 0.960 bits per heavy atom. The molecular weight excluding hydrogens is 308 g/mol. The van der Waals surface area contributed by atoms with Gasteiger partial charge in [-0.3, -0.25) is 4.79 Å². The van der Waals surface area contributed by atoms with Crippen molar-refractivity contribution in [1.29, 1.82) is 0 Å². The topological polar surface area (TPSA) is 32.3 Å². The number of carbonyl (C=O) groups is 1. The maximum atomic E-state index is 12.8. The lowest BCUT2D eigenvalue weighted by molar-refractivity contribution is -0.129. The summed E-state index contributed by atoms with van der Waals surface area (Å²) in [6.45, 7) is 8.73. The zero-order valence-electron chi connectivity index (χ0n) is 16.2. The summed E-state index contributed by atoms with van der Waals surface area (Å²) in [5, 5.41) is 3.41. The number of carbonyl (C=O) groups excluding carboxylic acids is 1. The van der Waals surface area contributed by atoms with Crippen LogP contribution in [0.2, 0.25) is 0 Å². The molecule has 134 valence electrons. The van der Waals surface area contributed by atoms with E-state index in [4.69, 9.17) is 0 Å². The molecule has 0 bridgehead atoms. The SMILES string of the molecule is C[C@@H](c1ccc(C(C)(C)C)cc1)[C@H](Nc1ccccc1)C(=O)N(C)C. The Labute approximate surface area is 152 Å². The summed E-state index contributed by atoms with van der Waals surface area (Å²) in [4.78, 5) is 14.4. The zero-order valence-corrected chi connectivity index (χ0v) is 16.2. The Morgan fingerprint density at radius 2 is 1.52 bits per heavy atom. The van der Waals surface area contributed by atoms with E-state index in [1.165, 1.54) is 5.56 Å². The molecule has 0 aliphatic heterocycles. The van der Waals surface area contributed by atoms with Crippen molar-refractivity contribution in [3.8, 4) is 0 Å². The fraction of sp³-hybridized carbons (Fsp3) is 0.409. The molecule has 0 radical (unpaired) electrons. The first-order valence-corrected chi connectivity index (χ1v) is 8.83. The zero-order chi connectivity index (χ0) is 18.6. The molecular formula is C22H30N2O. The largest absolute Gasteiger partial charge is 0.373 e. The molecule has 0 aliphatic rings. The summed E-state index contributed by atoms with van der Waals surface area (Å²) < 4.78 is 0. The molecule has 0 aromatic heterocycles. The van der Waals surface area contributed by atoms with Crippen LogP contribution in [0.5, 0.6) is 0 Å². The van der Waals surface area contributed by atoms with Crippen molar-refractivity contribution >= 4 is 11.6 Å². The third kappa shape index (κ3) is 4.85. The first-order valence-electron chi connectivity index (χ1n) is 8.83. The second-order valence-corrected chi connectivity index (χ2v) is 7.88. The average molecular weight is 338 g/mol. The molecule has 2 aromatic rings. The third-order valence-electron chi connectivity index (χ3n) is 4.61. The van der Waals surface area contributed by atoms with Gasteiger partial charge in [0.05, 0.1) is 0 Å². The number of likely N-dealkylation sites (N-methyl/N-ethyl adjacent to an activating group) is 1. The number of anilines is 1. The molecule has 1 amide bonds. The van der Waals surface area contributed by atoms with Crippen LogP contribution >= 0.6 is 0 Å². The molecule has 3 heteroatoms. The van der Waals surface area contributed by atoms with Crippen molar-refractivity contribution < 1.29 is 4.79 Å². The smallest absolute Gasteiger partial charge is 0.245 e. The lowest BCUT2D eigenvalue weighted by Crippen LogP contribution is -2.42. The summed E-state index contributed by atoms with van der Waals surface area (Å²) >= 11 is 0. The number of para-hydroxylation sites is 1. The monoisotopic (exact) mass is 338 g/mol. The van der Waals surface area contributed by atoms with Crippen LogP contribution in [-0.2, 0) is 10.2 Å². The van der Waals surface area contributed by atoms with Gasteiger partial charge in [-0.15, -0.1) is 0 Å². The van der Waals surface area contributed by atoms with Crippen molar-refractivity contribution in [2.45, 2.75) is 45.1 Å². The molecule has 0 saturated carbocycles. The maximum absolute atomic E-state index is 12.8. The van der Waals surface area contributed by atoms with Crippen molar-refractivity contribution in [2.24, 2.45) is 0 Å². The third-order valence-corrected chi connectivity index (χ3v) is 4.61. The minimum Gasteiger partial charge on any atom is -0.373 e. The van der Waals surface area contributed by atoms with Crippen LogP contribution in [0.4, 0.5) is 5.69 Å². The standard InChI is InChI=1S/C22H30N2O/c1-16(17-12-14-18(15-13-17)22(2,3)4)20(21(25)24(5)6)23-19-10-8-7-9-11-19/h7-16,20,23H,1-6H3/t16-,20-/m0/s1. The molecule has 1 N–H and O–H groups in total. The van der Waals surface area contributed by atoms with E-state index in [0.717, 1.165) is 11.3 Å². The van der Waals surface area contributed by atoms with E-state index in [-0.39, 0.29) is 23.3 Å². The predicted molar refractivity (Wildman–Crippen MR) is 106 cm³/mol. The second-order valence-electron chi connectivity index (χ2n) is 7.88. The Kier molecular flexibility index (Phi) is 5.89. The Bertz CT molecular complexity index is 684. The number of nitrogens with one attached hydrogen (secondary N) is 1. The fourth-order valence-electron chi connectivity index (χ4n) is 2.87. The minimum atomic E-state index is -0.308. The molecule has 0 aliphatic carbocycles. The number of rotatable bonds is 5. The highest BCUT2D eigenvalue weighted by Gasteiger charge is 2.28. The first-order chi connectivity index (χ1) is 11.7. The van der Waals surface area contributed by atoms with Crippen LogP contribution in [0.15, 0.2) is 54.6 Å². The van der Waals surface area contributed by atoms with E-state index in [0.29, 0.717) is 0 Å². The lowest BCUT2D eigenvalue weighted by atomic mass is 9.84. The van der Waals surface area contributed by atoms with Crippen LogP contribution < -0.4 is 5.32 Å². The highest BCUT2D eigenvalue weighted by Crippen LogP contribution is 2.27. The van der Waals surface area contributed by atoms with Gasteiger partial charge in [0.25, 0.3) is 0 Å². The van der Waals surface area contributed by atoms with Crippen LogP contribution in [0.25, 0.3) is 0 Å². The van der Waals surface area contributed by atoms with Crippen LogP contribution in [0.1, 0.15) is 44.7 Å². The van der Waals surface area contributed by atoms with E-state index in [2.05, 4.69) is 57.3 Å². The van der Waals surface area contributed by atoms with E-state index in [9.17, 15) is 4.79 Å². The number of amides is 1. The van der Waals surface area contributed by atoms with Gasteiger partial charge in [-0.2, -0.15) is 0 Å². The molecule has 2 aromatic carbocycles. The fourth-order valence-corrected chi connectivity index (χ4v) is 2.87. The lowest BCUT2D eigenvalue weighted by Gasteiger charge is -2.28. The van der Waals surface area contributed by atoms with Crippen molar-refractivity contribution in [2.75, 3.05) is 19.4 Å². The Hall–Kier alpha value is -2.29. The summed E-state index contributed by atoms with van der Waals surface area (Å²) in [6, 6.07) is 18.2. The maximum Gasteiger partial charge on any atom is 0.245 e. The van der Waals surface area contributed by atoms with Gasteiger partial charge in [-0.25, -0.2) is 0 Å². The molecule has 3 nitrogen and oxygen atoms in total. The van der Waals surface area contributed by atoms with Crippen molar-refractivity contribution in [3.05, 3.63) is 65.7 Å². The number of benzene rings is 2. The quantitative estimate of drug-likeness (QED) is 0.860. The van der Waals surface area contributed by atoms with Crippen LogP contribution in [0.3, 0.4) is 0 Å². The van der Waals surface area contributed by atoms with E-state index in [1.807, 2.05) is 30.3 Å². The van der Waals surface area contributed by atoms with Crippen molar-refractivity contribution in [1.82, 2.24) is 4.90 Å². The van der Waals surface area contributed by atoms with Gasteiger partial charge in [0, 0.05) is 25.7 Å². The van der Waals surface area contributed by atoms with Gasteiger partial charge in [0.1, 0.15) is 6.04 Å². The van der Waals surface area contributed by atoms with Crippen LogP contribution in [0, 0.1) is 0 Å². The summed E-state index contributed by atoms with van der Waals surface area (Å²) in [5.41, 5.74) is 3.55. The first kappa shape index (κ1) is 19.0. The van der Waals surface area contributed by atoms with Gasteiger partial charge in [0.2, 0.25) is 5.91 Å². The predicted octanol–water partition coefficient (Wildman–Crippen LogP) is 4.66. The van der Waals surface area contributed by atoms with E-state index in [1.54, 1.807) is 19.0 Å². The molecule has 25 heavy (non-hydrogen) atoms. The highest BCUT2D eigenvalue weighted by molar-refractivity contribution is 5.85. The summed E-state index contributed by atoms with van der Waals surface area (Å²) in [7, 11) is 3.61. The molecule has 2 atom stereocenters. The van der Waals surface area contributed by atoms with Gasteiger partial charge in [0.15, 0.2) is 0 Å². The summed E-state index contributed by atoms with van der Waals surface area (Å²) in [6.07, 6.45) is 0.